The molecule has 2 heterocycles. The van der Waals surface area contributed by atoms with Crippen LogP contribution < -0.4 is 4.74 Å². The first kappa shape index (κ1) is 19.9. The van der Waals surface area contributed by atoms with E-state index in [1.807, 2.05) is 0 Å². The van der Waals surface area contributed by atoms with Gasteiger partial charge in [-0.05, 0) is 25.0 Å². The molecule has 28 heavy (non-hydrogen) atoms. The van der Waals surface area contributed by atoms with Gasteiger partial charge < -0.3 is 14.5 Å². The summed E-state index contributed by atoms with van der Waals surface area (Å²) < 4.78 is 18.6. The third kappa shape index (κ3) is 4.68. The predicted molar refractivity (Wildman–Crippen MR) is 102 cm³/mol. The SMILES string of the molecule is CN(C)C(=O)c1cn[nH]c1C1CCCN(C(=O)CCOc2cccc(F)c2)C1. The summed E-state index contributed by atoms with van der Waals surface area (Å²) in [7, 11) is 3.41. The molecule has 0 saturated carbocycles. The van der Waals surface area contributed by atoms with E-state index in [9.17, 15) is 14.0 Å². The number of aromatic amines is 1. The van der Waals surface area contributed by atoms with Gasteiger partial charge in [0.2, 0.25) is 5.91 Å². The van der Waals surface area contributed by atoms with Crippen molar-refractivity contribution in [2.45, 2.75) is 25.2 Å². The highest BCUT2D eigenvalue weighted by Crippen LogP contribution is 2.28. The Morgan fingerprint density at radius 2 is 2.21 bits per heavy atom. The number of halogens is 1. The quantitative estimate of drug-likeness (QED) is 0.824. The second-order valence-corrected chi connectivity index (χ2v) is 7.13. The maximum absolute atomic E-state index is 13.2. The minimum absolute atomic E-state index is 0.0129. The molecule has 1 aromatic carbocycles. The molecule has 0 aliphatic carbocycles. The number of nitrogens with one attached hydrogen (secondary N) is 1. The molecule has 0 radical (unpaired) electrons. The number of piperidine rings is 1. The Labute approximate surface area is 163 Å². The highest BCUT2D eigenvalue weighted by molar-refractivity contribution is 5.95. The van der Waals surface area contributed by atoms with Crippen LogP contribution in [0.2, 0.25) is 0 Å². The molecule has 0 spiro atoms. The van der Waals surface area contributed by atoms with E-state index in [4.69, 9.17) is 4.74 Å². The summed E-state index contributed by atoms with van der Waals surface area (Å²) in [4.78, 5) is 28.2. The van der Waals surface area contributed by atoms with E-state index in [0.717, 1.165) is 18.5 Å². The Hall–Kier alpha value is -2.90. The summed E-state index contributed by atoms with van der Waals surface area (Å²) in [6, 6.07) is 5.87. The van der Waals surface area contributed by atoms with E-state index in [2.05, 4.69) is 10.2 Å². The van der Waals surface area contributed by atoms with Crippen molar-refractivity contribution in [3.8, 4) is 5.75 Å². The van der Waals surface area contributed by atoms with E-state index >= 15 is 0 Å². The van der Waals surface area contributed by atoms with Crippen molar-refractivity contribution in [2.75, 3.05) is 33.8 Å². The van der Waals surface area contributed by atoms with Crippen molar-refractivity contribution >= 4 is 11.8 Å². The fourth-order valence-corrected chi connectivity index (χ4v) is 3.43. The van der Waals surface area contributed by atoms with Crippen LogP contribution in [0.3, 0.4) is 0 Å². The second kappa shape index (κ2) is 8.86. The van der Waals surface area contributed by atoms with Gasteiger partial charge in [-0.15, -0.1) is 0 Å². The molecule has 1 unspecified atom stereocenters. The zero-order valence-electron chi connectivity index (χ0n) is 16.2. The Morgan fingerprint density at radius 1 is 1.39 bits per heavy atom. The molecule has 150 valence electrons. The molecule has 2 amide bonds. The van der Waals surface area contributed by atoms with Crippen LogP contribution in [-0.2, 0) is 4.79 Å². The Bertz CT molecular complexity index is 836. The number of hydrogen-bond donors (Lipinski definition) is 1. The lowest BCUT2D eigenvalue weighted by atomic mass is 9.92. The number of aromatic nitrogens is 2. The number of ether oxygens (including phenoxy) is 1. The Morgan fingerprint density at radius 3 is 2.96 bits per heavy atom. The van der Waals surface area contributed by atoms with E-state index in [0.29, 0.717) is 24.4 Å². The van der Waals surface area contributed by atoms with Gasteiger partial charge in [0.1, 0.15) is 11.6 Å². The number of H-pyrrole nitrogens is 1. The van der Waals surface area contributed by atoms with Crippen LogP contribution in [-0.4, -0.2) is 65.6 Å². The normalized spacial score (nSPS) is 16.7. The van der Waals surface area contributed by atoms with Crippen LogP contribution >= 0.6 is 0 Å². The van der Waals surface area contributed by atoms with Crippen LogP contribution in [0.25, 0.3) is 0 Å². The summed E-state index contributed by atoms with van der Waals surface area (Å²) in [5, 5.41) is 6.98. The smallest absolute Gasteiger partial charge is 0.256 e. The second-order valence-electron chi connectivity index (χ2n) is 7.13. The van der Waals surface area contributed by atoms with Crippen molar-refractivity contribution in [2.24, 2.45) is 0 Å². The van der Waals surface area contributed by atoms with Crippen molar-refractivity contribution in [1.82, 2.24) is 20.0 Å². The van der Waals surface area contributed by atoms with Crippen LogP contribution in [0.1, 0.15) is 41.2 Å². The summed E-state index contributed by atoms with van der Waals surface area (Å²) in [5.41, 5.74) is 1.34. The average molecular weight is 388 g/mol. The summed E-state index contributed by atoms with van der Waals surface area (Å²) in [6.45, 7) is 1.41. The summed E-state index contributed by atoms with van der Waals surface area (Å²) in [6.07, 6.45) is 3.51. The molecular weight excluding hydrogens is 363 g/mol. The van der Waals surface area contributed by atoms with Crippen LogP contribution in [0.15, 0.2) is 30.5 Å². The van der Waals surface area contributed by atoms with Crippen LogP contribution in [0.5, 0.6) is 5.75 Å². The van der Waals surface area contributed by atoms with E-state index in [-0.39, 0.29) is 36.6 Å². The number of rotatable bonds is 6. The van der Waals surface area contributed by atoms with Crippen LogP contribution in [0.4, 0.5) is 4.39 Å². The van der Waals surface area contributed by atoms with Gasteiger partial charge in [0.15, 0.2) is 0 Å². The number of nitrogens with zero attached hydrogens (tertiary/aromatic N) is 3. The molecule has 1 N–H and O–H groups in total. The standard InChI is InChI=1S/C20H25FN4O3/c1-24(2)20(27)17-12-22-23-19(17)14-5-4-9-25(13-14)18(26)8-10-28-16-7-3-6-15(21)11-16/h3,6-7,11-12,14H,4-5,8-10,13H2,1-2H3,(H,22,23). The van der Waals surface area contributed by atoms with Gasteiger partial charge in [-0.2, -0.15) is 5.10 Å². The molecule has 2 aromatic rings. The van der Waals surface area contributed by atoms with Crippen molar-refractivity contribution < 1.29 is 18.7 Å². The highest BCUT2D eigenvalue weighted by atomic mass is 19.1. The number of hydrogen-bond acceptors (Lipinski definition) is 4. The van der Waals surface area contributed by atoms with E-state index in [1.54, 1.807) is 37.3 Å². The Balaban J connectivity index is 1.57. The minimum Gasteiger partial charge on any atom is -0.493 e. The van der Waals surface area contributed by atoms with Gasteiger partial charge in [-0.1, -0.05) is 6.07 Å². The number of benzene rings is 1. The van der Waals surface area contributed by atoms with Gasteiger partial charge in [0.25, 0.3) is 5.91 Å². The number of amides is 2. The molecule has 1 fully saturated rings. The average Bonchev–Trinajstić information content (AvgIpc) is 3.17. The van der Waals surface area contributed by atoms with Crippen molar-refractivity contribution in [3.63, 3.8) is 0 Å². The number of likely N-dealkylation sites (tertiary alicyclic amines) is 1. The van der Waals surface area contributed by atoms with Gasteiger partial charge in [-0.25, -0.2) is 4.39 Å². The first-order valence-electron chi connectivity index (χ1n) is 9.36. The van der Waals surface area contributed by atoms with Gasteiger partial charge in [0.05, 0.1) is 30.5 Å². The molecule has 1 aliphatic heterocycles. The van der Waals surface area contributed by atoms with E-state index in [1.165, 1.54) is 17.0 Å². The Kier molecular flexibility index (Phi) is 6.28. The van der Waals surface area contributed by atoms with Gasteiger partial charge >= 0.3 is 0 Å². The molecule has 7 nitrogen and oxygen atoms in total. The molecule has 3 rings (SSSR count). The van der Waals surface area contributed by atoms with Crippen LogP contribution in [0, 0.1) is 5.82 Å². The molecule has 1 aliphatic rings. The topological polar surface area (TPSA) is 78.5 Å². The van der Waals surface area contributed by atoms with Crippen molar-refractivity contribution in [3.05, 3.63) is 47.5 Å². The molecule has 1 atom stereocenters. The third-order valence-electron chi connectivity index (χ3n) is 4.87. The molecule has 1 aromatic heterocycles. The lowest BCUT2D eigenvalue weighted by Crippen LogP contribution is -2.40. The lowest BCUT2D eigenvalue weighted by Gasteiger charge is -2.32. The monoisotopic (exact) mass is 388 g/mol. The highest BCUT2D eigenvalue weighted by Gasteiger charge is 2.29. The summed E-state index contributed by atoms with van der Waals surface area (Å²) in [5.74, 6) is -0.0287. The molecular formula is C20H25FN4O3. The van der Waals surface area contributed by atoms with Gasteiger partial charge in [0, 0.05) is 39.2 Å². The first-order chi connectivity index (χ1) is 13.5. The first-order valence-corrected chi connectivity index (χ1v) is 9.36. The fourth-order valence-electron chi connectivity index (χ4n) is 3.43. The number of carbonyl (C=O) groups excluding carboxylic acids is 2. The van der Waals surface area contributed by atoms with Crippen molar-refractivity contribution in [1.29, 1.82) is 0 Å². The largest absolute Gasteiger partial charge is 0.493 e. The zero-order chi connectivity index (χ0) is 20.1. The number of carbonyl (C=O) groups is 2. The predicted octanol–water partition coefficient (Wildman–Crippen LogP) is 2.43. The lowest BCUT2D eigenvalue weighted by molar-refractivity contribution is -0.132. The summed E-state index contributed by atoms with van der Waals surface area (Å²) >= 11 is 0. The van der Waals surface area contributed by atoms with Gasteiger partial charge in [-0.3, -0.25) is 14.7 Å². The maximum atomic E-state index is 13.2. The minimum atomic E-state index is -0.370. The fraction of sp³-hybridized carbons (Fsp3) is 0.450. The molecule has 8 heteroatoms. The maximum Gasteiger partial charge on any atom is 0.256 e. The third-order valence-corrected chi connectivity index (χ3v) is 4.87. The van der Waals surface area contributed by atoms with E-state index < -0.39 is 0 Å². The molecule has 1 saturated heterocycles. The zero-order valence-corrected chi connectivity index (χ0v) is 16.2. The molecule has 0 bridgehead atoms.